The largest absolute Gasteiger partial charge is 0.0616 e. The summed E-state index contributed by atoms with van der Waals surface area (Å²) < 4.78 is 0. The van der Waals surface area contributed by atoms with Gasteiger partial charge in [0.2, 0.25) is 0 Å². The summed E-state index contributed by atoms with van der Waals surface area (Å²) in [6.07, 6.45) is 0. The van der Waals surface area contributed by atoms with Crippen LogP contribution in [0.4, 0.5) is 0 Å². The van der Waals surface area contributed by atoms with Crippen LogP contribution in [0.25, 0.3) is 32.7 Å². The molecule has 4 aromatic rings. The molecule has 0 amide bonds. The minimum Gasteiger partial charge on any atom is -0.0616 e. The van der Waals surface area contributed by atoms with Gasteiger partial charge in [-0.15, -0.1) is 0 Å². The van der Waals surface area contributed by atoms with Crippen LogP contribution in [-0.4, -0.2) is 0 Å². The fraction of sp³-hybridized carbons (Fsp3) is 0.0909. The summed E-state index contributed by atoms with van der Waals surface area (Å²) in [6, 6.07) is 26.4. The predicted octanol–water partition coefficient (Wildman–Crippen LogP) is 6.28. The lowest BCUT2D eigenvalue weighted by atomic mass is 9.91. The zero-order chi connectivity index (χ0) is 15.1. The molecule has 0 aliphatic carbocycles. The molecular weight excluding hydrogens is 264 g/mol. The Morgan fingerprint density at radius 1 is 0.545 bits per heavy atom. The van der Waals surface area contributed by atoms with Crippen molar-refractivity contribution in [2.75, 3.05) is 0 Å². The van der Waals surface area contributed by atoms with E-state index >= 15 is 0 Å². The number of fused-ring (bicyclic) bond motifs is 2. The molecule has 0 spiro atoms. The molecule has 0 heteroatoms. The summed E-state index contributed by atoms with van der Waals surface area (Å²) in [7, 11) is 0. The maximum Gasteiger partial charge on any atom is -0.00267 e. The normalized spacial score (nSPS) is 11.2. The molecule has 0 heterocycles. The maximum atomic E-state index is 2.31. The highest BCUT2D eigenvalue weighted by Crippen LogP contribution is 2.36. The number of hydrogen-bond acceptors (Lipinski definition) is 0. The van der Waals surface area contributed by atoms with E-state index in [9.17, 15) is 0 Å². The van der Waals surface area contributed by atoms with E-state index in [4.69, 9.17) is 0 Å². The molecule has 4 rings (SSSR count). The smallest absolute Gasteiger partial charge is 0.00267 e. The number of aryl methyl sites for hydroxylation is 2. The predicted molar refractivity (Wildman–Crippen MR) is 96.4 cm³/mol. The van der Waals surface area contributed by atoms with Crippen molar-refractivity contribution in [1.29, 1.82) is 0 Å². The van der Waals surface area contributed by atoms with E-state index in [1.807, 2.05) is 0 Å². The van der Waals surface area contributed by atoms with Gasteiger partial charge in [0.25, 0.3) is 0 Å². The van der Waals surface area contributed by atoms with Gasteiger partial charge in [-0.2, -0.15) is 0 Å². The zero-order valence-electron chi connectivity index (χ0n) is 12.9. The Morgan fingerprint density at radius 3 is 1.73 bits per heavy atom. The third kappa shape index (κ3) is 2.00. The first kappa shape index (κ1) is 13.1. The van der Waals surface area contributed by atoms with Crippen molar-refractivity contribution in [2.24, 2.45) is 0 Å². The third-order valence-electron chi connectivity index (χ3n) is 4.57. The monoisotopic (exact) mass is 282 g/mol. The van der Waals surface area contributed by atoms with Crippen LogP contribution < -0.4 is 0 Å². The molecule has 0 aromatic heterocycles. The van der Waals surface area contributed by atoms with Crippen molar-refractivity contribution < 1.29 is 0 Å². The van der Waals surface area contributed by atoms with Gasteiger partial charge >= 0.3 is 0 Å². The van der Waals surface area contributed by atoms with Crippen molar-refractivity contribution in [2.45, 2.75) is 13.8 Å². The SMILES string of the molecule is Cc1ccc(-c2c3ccccc3cc3ccccc23)cc1C. The number of hydrogen-bond donors (Lipinski definition) is 0. The lowest BCUT2D eigenvalue weighted by Gasteiger charge is -2.13. The van der Waals surface area contributed by atoms with Crippen molar-refractivity contribution in [3.63, 3.8) is 0 Å². The van der Waals surface area contributed by atoms with Crippen LogP contribution >= 0.6 is 0 Å². The van der Waals surface area contributed by atoms with E-state index in [2.05, 4.69) is 86.6 Å². The highest BCUT2D eigenvalue weighted by atomic mass is 14.1. The molecule has 0 aliphatic rings. The zero-order valence-corrected chi connectivity index (χ0v) is 12.9. The van der Waals surface area contributed by atoms with Crippen LogP contribution in [0.2, 0.25) is 0 Å². The van der Waals surface area contributed by atoms with Crippen LogP contribution in [-0.2, 0) is 0 Å². The summed E-state index contributed by atoms with van der Waals surface area (Å²) in [4.78, 5) is 0. The molecule has 0 atom stereocenters. The van der Waals surface area contributed by atoms with Crippen molar-refractivity contribution in [1.82, 2.24) is 0 Å². The summed E-state index contributed by atoms with van der Waals surface area (Å²) in [5.41, 5.74) is 5.33. The van der Waals surface area contributed by atoms with Gasteiger partial charge in [0, 0.05) is 0 Å². The second-order valence-corrected chi connectivity index (χ2v) is 5.99. The fourth-order valence-corrected chi connectivity index (χ4v) is 3.22. The topological polar surface area (TPSA) is 0 Å². The molecule has 0 saturated carbocycles. The van der Waals surface area contributed by atoms with E-state index in [1.165, 1.54) is 43.8 Å². The Balaban J connectivity index is 2.18. The molecule has 0 aliphatic heterocycles. The van der Waals surface area contributed by atoms with Crippen LogP contribution in [0.5, 0.6) is 0 Å². The molecule has 0 bridgehead atoms. The van der Waals surface area contributed by atoms with Gasteiger partial charge in [-0.3, -0.25) is 0 Å². The summed E-state index contributed by atoms with van der Waals surface area (Å²) in [6.45, 7) is 4.35. The number of rotatable bonds is 1. The Kier molecular flexibility index (Phi) is 2.97. The van der Waals surface area contributed by atoms with Crippen molar-refractivity contribution in [3.05, 3.63) is 83.9 Å². The Morgan fingerprint density at radius 2 is 1.14 bits per heavy atom. The molecule has 0 N–H and O–H groups in total. The summed E-state index contributed by atoms with van der Waals surface area (Å²) >= 11 is 0. The Bertz CT molecular complexity index is 939. The minimum absolute atomic E-state index is 1.30. The molecule has 0 radical (unpaired) electrons. The van der Waals surface area contributed by atoms with E-state index in [0.29, 0.717) is 0 Å². The molecule has 0 nitrogen and oxygen atoms in total. The molecule has 0 unspecified atom stereocenters. The molecule has 0 fully saturated rings. The van der Waals surface area contributed by atoms with E-state index < -0.39 is 0 Å². The Hall–Kier alpha value is -2.60. The van der Waals surface area contributed by atoms with Gasteiger partial charge in [0.15, 0.2) is 0 Å². The van der Waals surface area contributed by atoms with Gasteiger partial charge in [-0.25, -0.2) is 0 Å². The third-order valence-corrected chi connectivity index (χ3v) is 4.57. The first-order valence-electron chi connectivity index (χ1n) is 7.72. The van der Waals surface area contributed by atoms with E-state index in [1.54, 1.807) is 0 Å². The first-order chi connectivity index (χ1) is 10.7. The Labute approximate surface area is 131 Å². The van der Waals surface area contributed by atoms with Gasteiger partial charge < -0.3 is 0 Å². The molecular formula is C22H18. The molecule has 22 heavy (non-hydrogen) atoms. The highest BCUT2D eigenvalue weighted by Gasteiger charge is 2.10. The van der Waals surface area contributed by atoms with Crippen molar-refractivity contribution >= 4 is 21.5 Å². The fourth-order valence-electron chi connectivity index (χ4n) is 3.22. The molecule has 106 valence electrons. The van der Waals surface area contributed by atoms with Crippen LogP contribution in [0.3, 0.4) is 0 Å². The standard InChI is InChI=1S/C22H18/c1-15-11-12-19(13-16(15)2)22-20-9-5-3-7-17(20)14-18-8-4-6-10-21(18)22/h3-14H,1-2H3. The van der Waals surface area contributed by atoms with E-state index in [0.717, 1.165) is 0 Å². The quantitative estimate of drug-likeness (QED) is 0.360. The van der Waals surface area contributed by atoms with Crippen LogP contribution in [0, 0.1) is 13.8 Å². The van der Waals surface area contributed by atoms with Gasteiger partial charge in [0.1, 0.15) is 0 Å². The lowest BCUT2D eigenvalue weighted by Crippen LogP contribution is -1.87. The minimum atomic E-state index is 1.30. The molecule has 0 saturated heterocycles. The van der Waals surface area contributed by atoms with Gasteiger partial charge in [-0.05, 0) is 63.7 Å². The summed E-state index contributed by atoms with van der Waals surface area (Å²) in [5, 5.41) is 5.25. The van der Waals surface area contributed by atoms with Gasteiger partial charge in [0.05, 0.1) is 0 Å². The molecule has 4 aromatic carbocycles. The van der Waals surface area contributed by atoms with Crippen molar-refractivity contribution in [3.8, 4) is 11.1 Å². The average molecular weight is 282 g/mol. The van der Waals surface area contributed by atoms with Crippen LogP contribution in [0.1, 0.15) is 11.1 Å². The van der Waals surface area contributed by atoms with Crippen LogP contribution in [0.15, 0.2) is 72.8 Å². The second kappa shape index (κ2) is 4.99. The average Bonchev–Trinajstić information content (AvgIpc) is 2.55. The van der Waals surface area contributed by atoms with Gasteiger partial charge in [-0.1, -0.05) is 66.7 Å². The second-order valence-electron chi connectivity index (χ2n) is 5.99. The van der Waals surface area contributed by atoms with E-state index in [-0.39, 0.29) is 0 Å². The lowest BCUT2D eigenvalue weighted by molar-refractivity contribution is 1.34. The summed E-state index contributed by atoms with van der Waals surface area (Å²) in [5.74, 6) is 0. The number of benzene rings is 4. The maximum absolute atomic E-state index is 2.31. The first-order valence-corrected chi connectivity index (χ1v) is 7.72. The highest BCUT2D eigenvalue weighted by molar-refractivity contribution is 6.12.